The summed E-state index contributed by atoms with van der Waals surface area (Å²) in [4.78, 5) is 2.35. The van der Waals surface area contributed by atoms with Gasteiger partial charge in [-0.3, -0.25) is 0 Å². The van der Waals surface area contributed by atoms with E-state index < -0.39 is 0 Å². The van der Waals surface area contributed by atoms with E-state index in [1.54, 1.807) is 11.8 Å². The molecule has 0 fully saturated rings. The second-order valence-electron chi connectivity index (χ2n) is 3.70. The Morgan fingerprint density at radius 3 is 2.38 bits per heavy atom. The topological polar surface area (TPSA) is 52.0 Å². The fraction of sp³-hybridized carbons (Fsp3) is 0.0769. The molecular formula is C13H14N2S. The van der Waals surface area contributed by atoms with Gasteiger partial charge in [-0.05, 0) is 48.9 Å². The molecule has 0 bridgehead atoms. The molecule has 0 saturated carbocycles. The maximum Gasteiger partial charge on any atom is 0.0325 e. The molecule has 0 unspecified atom stereocenters. The maximum absolute atomic E-state index is 5.74. The second kappa shape index (κ2) is 4.49. The third kappa shape index (κ3) is 2.49. The van der Waals surface area contributed by atoms with Crippen LogP contribution in [0.5, 0.6) is 0 Å². The van der Waals surface area contributed by atoms with Gasteiger partial charge in [0, 0.05) is 21.2 Å². The zero-order chi connectivity index (χ0) is 11.5. The van der Waals surface area contributed by atoms with Gasteiger partial charge in [0.05, 0.1) is 0 Å². The lowest BCUT2D eigenvalue weighted by Crippen LogP contribution is -1.87. The summed E-state index contributed by atoms with van der Waals surface area (Å²) in [7, 11) is 0. The average molecular weight is 230 g/mol. The molecule has 0 heterocycles. The summed E-state index contributed by atoms with van der Waals surface area (Å²) in [6.45, 7) is 2.06. The minimum Gasteiger partial charge on any atom is -0.399 e. The van der Waals surface area contributed by atoms with Crippen molar-refractivity contribution in [1.82, 2.24) is 0 Å². The van der Waals surface area contributed by atoms with Gasteiger partial charge < -0.3 is 11.5 Å². The van der Waals surface area contributed by atoms with Crippen LogP contribution in [0.15, 0.2) is 52.3 Å². The van der Waals surface area contributed by atoms with Crippen LogP contribution in [0, 0.1) is 6.92 Å². The van der Waals surface area contributed by atoms with Crippen molar-refractivity contribution < 1.29 is 0 Å². The van der Waals surface area contributed by atoms with Crippen molar-refractivity contribution in [1.29, 1.82) is 0 Å². The van der Waals surface area contributed by atoms with E-state index in [9.17, 15) is 0 Å². The summed E-state index contributed by atoms with van der Waals surface area (Å²) in [6.07, 6.45) is 0. The molecule has 4 N–H and O–H groups in total. The Balaban J connectivity index is 2.27. The van der Waals surface area contributed by atoms with Gasteiger partial charge in [-0.25, -0.2) is 0 Å². The number of hydrogen-bond donors (Lipinski definition) is 2. The first-order valence-corrected chi connectivity index (χ1v) is 5.86. The van der Waals surface area contributed by atoms with Crippen molar-refractivity contribution >= 4 is 23.1 Å². The molecule has 3 heteroatoms. The van der Waals surface area contributed by atoms with E-state index >= 15 is 0 Å². The molecule has 0 aliphatic rings. The normalized spacial score (nSPS) is 10.3. The van der Waals surface area contributed by atoms with Crippen molar-refractivity contribution in [2.75, 3.05) is 11.5 Å². The summed E-state index contributed by atoms with van der Waals surface area (Å²) in [5.74, 6) is 0. The summed E-state index contributed by atoms with van der Waals surface area (Å²) in [5, 5.41) is 0. The Bertz CT molecular complexity index is 509. The highest BCUT2D eigenvalue weighted by Crippen LogP contribution is 2.31. The minimum absolute atomic E-state index is 0.790. The van der Waals surface area contributed by atoms with Gasteiger partial charge >= 0.3 is 0 Å². The van der Waals surface area contributed by atoms with Crippen molar-refractivity contribution in [3.8, 4) is 0 Å². The summed E-state index contributed by atoms with van der Waals surface area (Å²) in [6, 6.07) is 13.8. The standard InChI is InChI=1S/C13H14N2S/c1-9-7-11(15)5-6-13(9)16-12-4-2-3-10(14)8-12/h2-8H,14-15H2,1H3. The molecule has 16 heavy (non-hydrogen) atoms. The van der Waals surface area contributed by atoms with E-state index in [1.807, 2.05) is 36.4 Å². The molecule has 2 nitrogen and oxygen atoms in total. The molecule has 2 aromatic carbocycles. The van der Waals surface area contributed by atoms with Gasteiger partial charge in [0.1, 0.15) is 0 Å². The zero-order valence-corrected chi connectivity index (χ0v) is 9.92. The molecule has 2 aromatic rings. The van der Waals surface area contributed by atoms with Crippen LogP contribution < -0.4 is 11.5 Å². The van der Waals surface area contributed by atoms with E-state index in [4.69, 9.17) is 11.5 Å². The van der Waals surface area contributed by atoms with Crippen LogP contribution in [-0.4, -0.2) is 0 Å². The SMILES string of the molecule is Cc1cc(N)ccc1Sc1cccc(N)c1. The van der Waals surface area contributed by atoms with Gasteiger partial charge in [0.15, 0.2) is 0 Å². The number of aryl methyl sites for hydroxylation is 1. The third-order valence-electron chi connectivity index (χ3n) is 2.28. The largest absolute Gasteiger partial charge is 0.399 e. The van der Waals surface area contributed by atoms with E-state index in [0.717, 1.165) is 16.3 Å². The van der Waals surface area contributed by atoms with Gasteiger partial charge in [-0.15, -0.1) is 0 Å². The van der Waals surface area contributed by atoms with Crippen molar-refractivity contribution in [2.45, 2.75) is 16.7 Å². The third-order valence-corrected chi connectivity index (χ3v) is 3.45. The van der Waals surface area contributed by atoms with Crippen LogP contribution in [0.25, 0.3) is 0 Å². The van der Waals surface area contributed by atoms with E-state index in [2.05, 4.69) is 13.0 Å². The highest BCUT2D eigenvalue weighted by molar-refractivity contribution is 7.99. The van der Waals surface area contributed by atoms with Crippen molar-refractivity contribution in [2.24, 2.45) is 0 Å². The Morgan fingerprint density at radius 2 is 1.69 bits per heavy atom. The van der Waals surface area contributed by atoms with Gasteiger partial charge in [-0.1, -0.05) is 17.8 Å². The summed E-state index contributed by atoms with van der Waals surface area (Å²) in [5.41, 5.74) is 14.2. The first-order valence-electron chi connectivity index (χ1n) is 5.04. The molecular weight excluding hydrogens is 216 g/mol. The lowest BCUT2D eigenvalue weighted by Gasteiger charge is -2.06. The quantitative estimate of drug-likeness (QED) is 0.778. The molecule has 0 amide bonds. The van der Waals surface area contributed by atoms with Crippen LogP contribution >= 0.6 is 11.8 Å². The van der Waals surface area contributed by atoms with Crippen molar-refractivity contribution in [3.63, 3.8) is 0 Å². The highest BCUT2D eigenvalue weighted by Gasteiger charge is 2.01. The van der Waals surface area contributed by atoms with E-state index in [1.165, 1.54) is 10.5 Å². The minimum atomic E-state index is 0.790. The number of nitrogens with two attached hydrogens (primary N) is 2. The predicted octanol–water partition coefficient (Wildman–Crippen LogP) is 3.31. The van der Waals surface area contributed by atoms with Crippen LogP contribution in [-0.2, 0) is 0 Å². The average Bonchev–Trinajstić information content (AvgIpc) is 2.22. The predicted molar refractivity (Wildman–Crippen MR) is 70.6 cm³/mol. The number of hydrogen-bond acceptors (Lipinski definition) is 3. The second-order valence-corrected chi connectivity index (χ2v) is 4.81. The van der Waals surface area contributed by atoms with E-state index in [-0.39, 0.29) is 0 Å². The smallest absolute Gasteiger partial charge is 0.0325 e. The molecule has 0 saturated heterocycles. The molecule has 2 rings (SSSR count). The highest BCUT2D eigenvalue weighted by atomic mass is 32.2. The van der Waals surface area contributed by atoms with Crippen LogP contribution in [0.3, 0.4) is 0 Å². The molecule has 0 spiro atoms. The maximum atomic E-state index is 5.74. The Morgan fingerprint density at radius 1 is 0.938 bits per heavy atom. The molecule has 0 atom stereocenters. The lowest BCUT2D eigenvalue weighted by molar-refractivity contribution is 1.29. The Kier molecular flexibility index (Phi) is 3.06. The molecule has 0 aliphatic carbocycles. The number of nitrogen functional groups attached to an aromatic ring is 2. The molecule has 0 aliphatic heterocycles. The lowest BCUT2D eigenvalue weighted by atomic mass is 10.2. The Hall–Kier alpha value is -1.61. The molecule has 0 radical (unpaired) electrons. The fourth-order valence-electron chi connectivity index (χ4n) is 1.49. The molecule has 0 aromatic heterocycles. The van der Waals surface area contributed by atoms with Crippen LogP contribution in [0.2, 0.25) is 0 Å². The summed E-state index contributed by atoms with van der Waals surface area (Å²) < 4.78 is 0. The van der Waals surface area contributed by atoms with E-state index in [0.29, 0.717) is 0 Å². The first-order chi connectivity index (χ1) is 7.65. The number of anilines is 2. The van der Waals surface area contributed by atoms with Gasteiger partial charge in [0.25, 0.3) is 0 Å². The van der Waals surface area contributed by atoms with Gasteiger partial charge in [-0.2, -0.15) is 0 Å². The Labute approximate surface area is 99.7 Å². The van der Waals surface area contributed by atoms with Crippen molar-refractivity contribution in [3.05, 3.63) is 48.0 Å². The number of rotatable bonds is 2. The fourth-order valence-corrected chi connectivity index (χ4v) is 2.44. The first kappa shape index (κ1) is 10.9. The summed E-state index contributed by atoms with van der Waals surface area (Å²) >= 11 is 1.70. The zero-order valence-electron chi connectivity index (χ0n) is 9.10. The molecule has 82 valence electrons. The number of benzene rings is 2. The van der Waals surface area contributed by atoms with Crippen LogP contribution in [0.1, 0.15) is 5.56 Å². The van der Waals surface area contributed by atoms with Gasteiger partial charge in [0.2, 0.25) is 0 Å². The monoisotopic (exact) mass is 230 g/mol. The van der Waals surface area contributed by atoms with Crippen LogP contribution in [0.4, 0.5) is 11.4 Å².